The first kappa shape index (κ1) is 14.6. The van der Waals surface area contributed by atoms with Crippen LogP contribution in [0.1, 0.15) is 26.7 Å². The van der Waals surface area contributed by atoms with Crippen LogP contribution in [0.4, 0.5) is 0 Å². The van der Waals surface area contributed by atoms with Crippen molar-refractivity contribution in [2.75, 3.05) is 0 Å². The Morgan fingerprint density at radius 1 is 1.44 bits per heavy atom. The van der Waals surface area contributed by atoms with Gasteiger partial charge in [-0.15, -0.1) is 0 Å². The van der Waals surface area contributed by atoms with E-state index in [1.54, 1.807) is 20.1 Å². The molecule has 0 saturated heterocycles. The Balaban J connectivity index is 3.99. The zero-order valence-electron chi connectivity index (χ0n) is 9.40. The summed E-state index contributed by atoms with van der Waals surface area (Å²) in [7, 11) is 0. The molecule has 0 bridgehead atoms. The molecule has 6 heteroatoms. The van der Waals surface area contributed by atoms with Crippen molar-refractivity contribution < 1.29 is 19.5 Å². The summed E-state index contributed by atoms with van der Waals surface area (Å²) in [4.78, 5) is 32.2. The van der Waals surface area contributed by atoms with Crippen LogP contribution in [0.15, 0.2) is 0 Å². The molecule has 91 valence electrons. The molecule has 0 aromatic heterocycles. The van der Waals surface area contributed by atoms with Gasteiger partial charge in [0, 0.05) is 6.42 Å². The molecule has 6 nitrogen and oxygen atoms in total. The molecule has 0 heterocycles. The summed E-state index contributed by atoms with van der Waals surface area (Å²) in [5, 5.41) is 10.9. The van der Waals surface area contributed by atoms with Crippen molar-refractivity contribution >= 4 is 18.2 Å². The van der Waals surface area contributed by atoms with E-state index in [-0.39, 0.29) is 18.8 Å². The number of nitrogens with one attached hydrogen (secondary N) is 1. The minimum atomic E-state index is -1.14. The van der Waals surface area contributed by atoms with E-state index < -0.39 is 24.0 Å². The number of carboxylic acid groups (broad SMARTS) is 1. The predicted molar refractivity (Wildman–Crippen MR) is 57.3 cm³/mol. The predicted octanol–water partition coefficient (Wildman–Crippen LogP) is -0.571. The summed E-state index contributed by atoms with van der Waals surface area (Å²) in [6.07, 6.45) is 1.74. The van der Waals surface area contributed by atoms with Gasteiger partial charge in [-0.3, -0.25) is 14.4 Å². The molecule has 0 saturated carbocycles. The van der Waals surface area contributed by atoms with E-state index in [4.69, 9.17) is 10.8 Å². The topological polar surface area (TPSA) is 109 Å². The van der Waals surface area contributed by atoms with Crippen LogP contribution in [0.5, 0.6) is 0 Å². The van der Waals surface area contributed by atoms with Gasteiger partial charge in [0.05, 0.1) is 6.04 Å². The minimum Gasteiger partial charge on any atom is -0.480 e. The first-order valence-corrected chi connectivity index (χ1v) is 5.04. The second-order valence-electron chi connectivity index (χ2n) is 3.89. The van der Waals surface area contributed by atoms with Crippen LogP contribution in [-0.2, 0) is 14.4 Å². The third kappa shape index (κ3) is 5.45. The van der Waals surface area contributed by atoms with Crippen LogP contribution < -0.4 is 11.1 Å². The van der Waals surface area contributed by atoms with Gasteiger partial charge in [-0.25, -0.2) is 0 Å². The molecule has 0 aliphatic heterocycles. The molecule has 0 rings (SSSR count). The molecule has 0 fully saturated rings. The highest BCUT2D eigenvalue weighted by atomic mass is 16.4. The third-order valence-corrected chi connectivity index (χ3v) is 2.11. The van der Waals surface area contributed by atoms with E-state index in [1.165, 1.54) is 0 Å². The molecule has 1 radical (unpaired) electrons. The number of nitrogens with two attached hydrogens (primary N) is 1. The van der Waals surface area contributed by atoms with Gasteiger partial charge < -0.3 is 16.2 Å². The number of carbonyl (C=O) groups is 2. The first-order chi connectivity index (χ1) is 7.38. The normalized spacial score (nSPS) is 14.2. The number of hydrogen-bond donors (Lipinski definition) is 3. The van der Waals surface area contributed by atoms with Crippen molar-refractivity contribution in [1.29, 1.82) is 0 Å². The number of carbonyl (C=O) groups excluding carboxylic acids is 2. The maximum atomic E-state index is 11.3. The highest BCUT2D eigenvalue weighted by Crippen LogP contribution is 2.00. The SMILES string of the molecule is CC(C)[C@@H]([C]=O)NC(=O)CC[C@H](N)C(=O)O. The minimum absolute atomic E-state index is 0.0155. The summed E-state index contributed by atoms with van der Waals surface area (Å²) >= 11 is 0. The van der Waals surface area contributed by atoms with Crippen LogP contribution >= 0.6 is 0 Å². The van der Waals surface area contributed by atoms with E-state index in [1.807, 2.05) is 0 Å². The Labute approximate surface area is 94.2 Å². The van der Waals surface area contributed by atoms with E-state index in [0.717, 1.165) is 0 Å². The van der Waals surface area contributed by atoms with Crippen molar-refractivity contribution in [2.24, 2.45) is 11.7 Å². The maximum absolute atomic E-state index is 11.3. The summed E-state index contributed by atoms with van der Waals surface area (Å²) < 4.78 is 0. The number of amides is 1. The number of aliphatic carboxylic acids is 1. The van der Waals surface area contributed by atoms with Crippen LogP contribution in [0.2, 0.25) is 0 Å². The molecule has 0 aromatic carbocycles. The quantitative estimate of drug-likeness (QED) is 0.541. The lowest BCUT2D eigenvalue weighted by Gasteiger charge is -2.15. The van der Waals surface area contributed by atoms with Gasteiger partial charge in [0.15, 0.2) is 0 Å². The molecule has 1 amide bonds. The smallest absolute Gasteiger partial charge is 0.320 e. The van der Waals surface area contributed by atoms with E-state index in [9.17, 15) is 14.4 Å². The largest absolute Gasteiger partial charge is 0.480 e. The molecular weight excluding hydrogens is 212 g/mol. The molecule has 0 aromatic rings. The average Bonchev–Trinajstić information content (AvgIpc) is 2.21. The molecule has 2 atom stereocenters. The van der Waals surface area contributed by atoms with Gasteiger partial charge in [0.25, 0.3) is 0 Å². The molecule has 0 spiro atoms. The summed E-state index contributed by atoms with van der Waals surface area (Å²) in [6, 6.07) is -1.71. The first-order valence-electron chi connectivity index (χ1n) is 5.04. The van der Waals surface area contributed by atoms with Gasteiger partial charge in [0.2, 0.25) is 12.2 Å². The highest BCUT2D eigenvalue weighted by molar-refractivity contribution is 5.81. The lowest BCUT2D eigenvalue weighted by Crippen LogP contribution is -2.40. The highest BCUT2D eigenvalue weighted by Gasteiger charge is 2.18. The summed E-state index contributed by atoms with van der Waals surface area (Å²) in [5.74, 6) is -1.58. The Morgan fingerprint density at radius 3 is 2.38 bits per heavy atom. The van der Waals surface area contributed by atoms with Crippen molar-refractivity contribution in [1.82, 2.24) is 5.32 Å². The lowest BCUT2D eigenvalue weighted by molar-refractivity contribution is -0.138. The molecule has 4 N–H and O–H groups in total. The maximum Gasteiger partial charge on any atom is 0.320 e. The molecule has 0 aliphatic rings. The zero-order chi connectivity index (χ0) is 12.7. The fourth-order valence-corrected chi connectivity index (χ4v) is 0.988. The van der Waals surface area contributed by atoms with Crippen molar-refractivity contribution in [3.63, 3.8) is 0 Å². The van der Waals surface area contributed by atoms with Crippen molar-refractivity contribution in [3.05, 3.63) is 0 Å². The number of hydrogen-bond acceptors (Lipinski definition) is 4. The van der Waals surface area contributed by atoms with Gasteiger partial charge in [0.1, 0.15) is 6.04 Å². The molecular formula is C10H17N2O4. The van der Waals surface area contributed by atoms with Gasteiger partial charge in [-0.2, -0.15) is 0 Å². The van der Waals surface area contributed by atoms with Gasteiger partial charge in [-0.05, 0) is 12.3 Å². The summed E-state index contributed by atoms with van der Waals surface area (Å²) in [6.45, 7) is 3.55. The zero-order valence-corrected chi connectivity index (χ0v) is 9.40. The Kier molecular flexibility index (Phi) is 6.32. The lowest BCUT2D eigenvalue weighted by atomic mass is 10.1. The van der Waals surface area contributed by atoms with Gasteiger partial charge in [-0.1, -0.05) is 13.8 Å². The van der Waals surface area contributed by atoms with Crippen LogP contribution in [0.25, 0.3) is 0 Å². The monoisotopic (exact) mass is 229 g/mol. The second kappa shape index (κ2) is 6.95. The van der Waals surface area contributed by atoms with E-state index in [2.05, 4.69) is 5.32 Å². The van der Waals surface area contributed by atoms with Crippen LogP contribution in [-0.4, -0.2) is 35.4 Å². The summed E-state index contributed by atoms with van der Waals surface area (Å²) in [5.41, 5.74) is 5.23. The van der Waals surface area contributed by atoms with E-state index in [0.29, 0.717) is 0 Å². The Morgan fingerprint density at radius 2 is 2.00 bits per heavy atom. The van der Waals surface area contributed by atoms with Crippen molar-refractivity contribution in [2.45, 2.75) is 38.8 Å². The fourth-order valence-electron chi connectivity index (χ4n) is 0.988. The third-order valence-electron chi connectivity index (χ3n) is 2.11. The van der Waals surface area contributed by atoms with Gasteiger partial charge >= 0.3 is 5.97 Å². The van der Waals surface area contributed by atoms with Crippen molar-refractivity contribution in [3.8, 4) is 0 Å². The standard InChI is InChI=1S/C10H17N2O4/c1-6(2)8(5-13)12-9(14)4-3-7(11)10(15)16/h6-8H,3-4,11H2,1-2H3,(H,12,14)(H,15,16)/t7-,8+/m0/s1. The van der Waals surface area contributed by atoms with Crippen LogP contribution in [0.3, 0.4) is 0 Å². The average molecular weight is 229 g/mol. The number of rotatable bonds is 7. The Bertz CT molecular complexity index is 266. The molecule has 16 heavy (non-hydrogen) atoms. The Hall–Kier alpha value is -1.43. The van der Waals surface area contributed by atoms with E-state index >= 15 is 0 Å². The fraction of sp³-hybridized carbons (Fsp3) is 0.700. The molecule has 0 aliphatic carbocycles. The van der Waals surface area contributed by atoms with Crippen LogP contribution in [0, 0.1) is 5.92 Å². The number of carboxylic acids is 1. The molecule has 0 unspecified atom stereocenters. The second-order valence-corrected chi connectivity index (χ2v) is 3.89.